The summed E-state index contributed by atoms with van der Waals surface area (Å²) in [5.41, 5.74) is 1.47. The molecule has 3 nitrogen and oxygen atoms in total. The third-order valence-corrected chi connectivity index (χ3v) is 2.83. The van der Waals surface area contributed by atoms with Crippen LogP contribution in [0.15, 0.2) is 18.2 Å². The Kier molecular flexibility index (Phi) is 5.29. The van der Waals surface area contributed by atoms with E-state index in [9.17, 15) is 4.79 Å². The molecule has 0 unspecified atom stereocenters. The van der Waals surface area contributed by atoms with Gasteiger partial charge in [0, 0.05) is 6.54 Å². The summed E-state index contributed by atoms with van der Waals surface area (Å²) in [6, 6.07) is 5.46. The molecule has 1 aromatic rings. The quantitative estimate of drug-likeness (QED) is 0.773. The van der Waals surface area contributed by atoms with Gasteiger partial charge in [-0.15, -0.1) is 0 Å². The van der Waals surface area contributed by atoms with Crippen LogP contribution < -0.4 is 10.6 Å². The first-order valence-electron chi connectivity index (χ1n) is 5.34. The summed E-state index contributed by atoms with van der Waals surface area (Å²) in [5.74, 6) is -0.107. The molecule has 0 aliphatic rings. The van der Waals surface area contributed by atoms with Gasteiger partial charge < -0.3 is 10.6 Å². The second-order valence-corrected chi connectivity index (χ2v) is 4.03. The third-order valence-electron chi connectivity index (χ3n) is 2.33. The zero-order chi connectivity index (χ0) is 12.0. The van der Waals surface area contributed by atoms with E-state index in [2.05, 4.69) is 10.6 Å². The molecular weight excluding hydrogens is 224 g/mol. The van der Waals surface area contributed by atoms with E-state index >= 15 is 0 Å². The van der Waals surface area contributed by atoms with Crippen LogP contribution in [0.3, 0.4) is 0 Å². The lowest BCUT2D eigenvalue weighted by Gasteiger charge is -2.07. The van der Waals surface area contributed by atoms with E-state index in [1.54, 1.807) is 6.07 Å². The van der Waals surface area contributed by atoms with Crippen molar-refractivity contribution < 1.29 is 4.79 Å². The maximum Gasteiger partial charge on any atom is 0.252 e. The molecule has 0 saturated carbocycles. The molecular formula is C12H17ClN2O. The summed E-state index contributed by atoms with van der Waals surface area (Å²) in [4.78, 5) is 11.8. The summed E-state index contributed by atoms with van der Waals surface area (Å²) in [6.07, 6.45) is 0.908. The monoisotopic (exact) mass is 240 g/mol. The summed E-state index contributed by atoms with van der Waals surface area (Å²) in [5, 5.41) is 6.40. The summed E-state index contributed by atoms with van der Waals surface area (Å²) < 4.78 is 0. The van der Waals surface area contributed by atoms with E-state index in [-0.39, 0.29) is 5.91 Å². The number of carbonyl (C=O) groups is 1. The third kappa shape index (κ3) is 3.51. The van der Waals surface area contributed by atoms with E-state index in [4.69, 9.17) is 11.6 Å². The molecule has 0 radical (unpaired) electrons. The lowest BCUT2D eigenvalue weighted by Crippen LogP contribution is -2.26. The van der Waals surface area contributed by atoms with Gasteiger partial charge in [-0.1, -0.05) is 23.7 Å². The number of amides is 1. The fourth-order valence-electron chi connectivity index (χ4n) is 1.39. The minimum absolute atomic E-state index is 0.107. The Morgan fingerprint density at radius 2 is 2.12 bits per heavy atom. The average Bonchev–Trinajstić information content (AvgIpc) is 2.28. The molecule has 4 heteroatoms. The van der Waals surface area contributed by atoms with E-state index in [1.165, 1.54) is 0 Å². The Bertz CT molecular complexity index is 366. The molecule has 0 fully saturated rings. The molecule has 0 saturated heterocycles. The Hall–Kier alpha value is -1.06. The second-order valence-electron chi connectivity index (χ2n) is 3.65. The summed E-state index contributed by atoms with van der Waals surface area (Å²) >= 11 is 6.05. The van der Waals surface area contributed by atoms with Crippen LogP contribution in [0.5, 0.6) is 0 Å². The number of hydrogen-bond donors (Lipinski definition) is 2. The first kappa shape index (κ1) is 13.0. The molecule has 2 N–H and O–H groups in total. The summed E-state index contributed by atoms with van der Waals surface area (Å²) in [7, 11) is 1.89. The van der Waals surface area contributed by atoms with Gasteiger partial charge in [-0.3, -0.25) is 4.79 Å². The van der Waals surface area contributed by atoms with Crippen LogP contribution in [0, 0.1) is 6.92 Å². The molecule has 0 heterocycles. The highest BCUT2D eigenvalue weighted by Gasteiger charge is 2.10. The van der Waals surface area contributed by atoms with Crippen molar-refractivity contribution in [2.75, 3.05) is 20.1 Å². The van der Waals surface area contributed by atoms with Crippen molar-refractivity contribution in [1.82, 2.24) is 10.6 Å². The fraction of sp³-hybridized carbons (Fsp3) is 0.417. The fourth-order valence-corrected chi connectivity index (χ4v) is 1.60. The number of nitrogens with one attached hydrogen (secondary N) is 2. The number of hydrogen-bond acceptors (Lipinski definition) is 2. The van der Waals surface area contributed by atoms with Gasteiger partial charge >= 0.3 is 0 Å². The molecule has 0 bridgehead atoms. The molecule has 0 aliphatic heterocycles. The van der Waals surface area contributed by atoms with Gasteiger partial charge in [-0.2, -0.15) is 0 Å². The molecule has 0 spiro atoms. The van der Waals surface area contributed by atoms with Gasteiger partial charge in [0.05, 0.1) is 10.6 Å². The van der Waals surface area contributed by atoms with Crippen LogP contribution in [-0.4, -0.2) is 26.0 Å². The Morgan fingerprint density at radius 3 is 2.81 bits per heavy atom. The molecule has 0 aromatic heterocycles. The van der Waals surface area contributed by atoms with Crippen molar-refractivity contribution >= 4 is 17.5 Å². The van der Waals surface area contributed by atoms with Crippen LogP contribution in [0.25, 0.3) is 0 Å². The summed E-state index contributed by atoms with van der Waals surface area (Å²) in [6.45, 7) is 3.44. The van der Waals surface area contributed by atoms with Gasteiger partial charge in [0.15, 0.2) is 0 Å². The molecule has 0 atom stereocenters. The van der Waals surface area contributed by atoms with E-state index < -0.39 is 0 Å². The predicted octanol–water partition coefficient (Wildman–Crippen LogP) is 1.99. The minimum atomic E-state index is -0.107. The van der Waals surface area contributed by atoms with E-state index in [1.807, 2.05) is 26.1 Å². The molecule has 1 amide bonds. The van der Waals surface area contributed by atoms with Crippen LogP contribution in [-0.2, 0) is 0 Å². The normalized spacial score (nSPS) is 10.2. The largest absolute Gasteiger partial charge is 0.352 e. The van der Waals surface area contributed by atoms with Gasteiger partial charge in [-0.25, -0.2) is 0 Å². The highest BCUT2D eigenvalue weighted by atomic mass is 35.5. The van der Waals surface area contributed by atoms with Crippen molar-refractivity contribution in [2.45, 2.75) is 13.3 Å². The van der Waals surface area contributed by atoms with E-state index in [0.717, 1.165) is 18.5 Å². The molecule has 1 aromatic carbocycles. The zero-order valence-electron chi connectivity index (χ0n) is 9.64. The minimum Gasteiger partial charge on any atom is -0.352 e. The molecule has 1 rings (SSSR count). The predicted molar refractivity (Wildman–Crippen MR) is 67.1 cm³/mol. The van der Waals surface area contributed by atoms with Crippen molar-refractivity contribution in [1.29, 1.82) is 0 Å². The number of aryl methyl sites for hydroxylation is 1. The maximum atomic E-state index is 11.8. The van der Waals surface area contributed by atoms with E-state index in [0.29, 0.717) is 17.1 Å². The maximum absolute atomic E-state index is 11.8. The van der Waals surface area contributed by atoms with Gasteiger partial charge in [0.25, 0.3) is 5.91 Å². The Balaban J connectivity index is 2.56. The molecule has 88 valence electrons. The topological polar surface area (TPSA) is 41.1 Å². The first-order chi connectivity index (χ1) is 7.66. The van der Waals surface area contributed by atoms with Crippen LogP contribution >= 0.6 is 11.6 Å². The number of halogens is 1. The van der Waals surface area contributed by atoms with Crippen molar-refractivity contribution in [2.24, 2.45) is 0 Å². The number of carbonyl (C=O) groups excluding carboxylic acids is 1. The molecule has 0 aliphatic carbocycles. The van der Waals surface area contributed by atoms with Crippen molar-refractivity contribution in [3.05, 3.63) is 34.3 Å². The SMILES string of the molecule is CNCCCNC(=O)c1cccc(C)c1Cl. The number of rotatable bonds is 5. The van der Waals surface area contributed by atoms with Crippen LogP contribution in [0.1, 0.15) is 22.3 Å². The van der Waals surface area contributed by atoms with Crippen molar-refractivity contribution in [3.63, 3.8) is 0 Å². The smallest absolute Gasteiger partial charge is 0.252 e. The van der Waals surface area contributed by atoms with Gasteiger partial charge in [-0.05, 0) is 38.6 Å². The standard InChI is InChI=1S/C12H17ClN2O/c1-9-5-3-6-10(11(9)13)12(16)15-8-4-7-14-2/h3,5-6,14H,4,7-8H2,1-2H3,(H,15,16). The zero-order valence-corrected chi connectivity index (χ0v) is 10.4. The van der Waals surface area contributed by atoms with Crippen molar-refractivity contribution in [3.8, 4) is 0 Å². The second kappa shape index (κ2) is 6.51. The average molecular weight is 241 g/mol. The highest BCUT2D eigenvalue weighted by Crippen LogP contribution is 2.19. The number of benzene rings is 1. The lowest BCUT2D eigenvalue weighted by molar-refractivity contribution is 0.0953. The van der Waals surface area contributed by atoms with Crippen LogP contribution in [0.2, 0.25) is 5.02 Å². The lowest BCUT2D eigenvalue weighted by atomic mass is 10.1. The first-order valence-corrected chi connectivity index (χ1v) is 5.72. The Morgan fingerprint density at radius 1 is 1.38 bits per heavy atom. The van der Waals surface area contributed by atoms with Crippen LogP contribution in [0.4, 0.5) is 0 Å². The van der Waals surface area contributed by atoms with Gasteiger partial charge in [0.2, 0.25) is 0 Å². The molecule has 16 heavy (non-hydrogen) atoms. The van der Waals surface area contributed by atoms with Gasteiger partial charge in [0.1, 0.15) is 0 Å². The Labute approximate surface area is 101 Å². The highest BCUT2D eigenvalue weighted by molar-refractivity contribution is 6.34.